The molecule has 3 rings (SSSR count). The van der Waals surface area contributed by atoms with Crippen molar-refractivity contribution in [1.29, 1.82) is 0 Å². The summed E-state index contributed by atoms with van der Waals surface area (Å²) in [6.07, 6.45) is 2.08. The molecule has 0 bridgehead atoms. The number of anilines is 1. The van der Waals surface area contributed by atoms with Crippen molar-refractivity contribution in [3.8, 4) is 5.75 Å². The average Bonchev–Trinajstić information content (AvgIpc) is 2.93. The molecule has 1 atom stereocenters. The predicted octanol–water partition coefficient (Wildman–Crippen LogP) is 4.24. The van der Waals surface area contributed by atoms with Crippen molar-refractivity contribution in [3.63, 3.8) is 0 Å². The maximum absolute atomic E-state index is 14.2. The summed E-state index contributed by atoms with van der Waals surface area (Å²) in [4.78, 5) is 29.3. The van der Waals surface area contributed by atoms with Gasteiger partial charge in [0.15, 0.2) is 0 Å². The Labute approximate surface area is 238 Å². The SMILES string of the molecule is CCCNC(=O)C(Cc1ccccc1)N(Cc1ccccc1C)C(=O)CN(c1cc(C)ccc1OC)S(C)(=O)=O. The molecule has 3 aromatic carbocycles. The fourth-order valence-corrected chi connectivity index (χ4v) is 5.33. The van der Waals surface area contributed by atoms with Gasteiger partial charge in [0, 0.05) is 19.5 Å². The van der Waals surface area contributed by atoms with Gasteiger partial charge >= 0.3 is 0 Å². The second-order valence-electron chi connectivity index (χ2n) is 9.89. The number of hydrogen-bond donors (Lipinski definition) is 1. The number of nitrogens with one attached hydrogen (secondary N) is 1. The maximum Gasteiger partial charge on any atom is 0.244 e. The molecular formula is C31H39N3O5S. The standard InChI is InChI=1S/C31H39N3O5S/c1-6-18-32-31(36)28(20-25-13-8-7-9-14-25)33(21-26-15-11-10-12-24(26)3)30(35)22-34(40(5,37)38)27-19-23(2)16-17-29(27)39-4/h7-17,19,28H,6,18,20-22H2,1-5H3,(H,32,36). The van der Waals surface area contributed by atoms with Crippen LogP contribution < -0.4 is 14.4 Å². The Kier molecular flexibility index (Phi) is 10.7. The number of rotatable bonds is 13. The maximum atomic E-state index is 14.2. The molecule has 214 valence electrons. The minimum absolute atomic E-state index is 0.144. The molecule has 0 radical (unpaired) electrons. The number of carbonyl (C=O) groups is 2. The third-order valence-corrected chi connectivity index (χ3v) is 7.83. The van der Waals surface area contributed by atoms with Crippen LogP contribution in [0, 0.1) is 13.8 Å². The van der Waals surface area contributed by atoms with Crippen molar-refractivity contribution >= 4 is 27.5 Å². The van der Waals surface area contributed by atoms with Crippen molar-refractivity contribution in [2.75, 3.05) is 30.8 Å². The molecule has 2 amide bonds. The van der Waals surface area contributed by atoms with E-state index >= 15 is 0 Å². The molecule has 0 aromatic heterocycles. The first kappa shape index (κ1) is 30.7. The van der Waals surface area contributed by atoms with Gasteiger partial charge in [0.1, 0.15) is 18.3 Å². The highest BCUT2D eigenvalue weighted by Crippen LogP contribution is 2.31. The van der Waals surface area contributed by atoms with Gasteiger partial charge in [-0.1, -0.05) is 67.6 Å². The van der Waals surface area contributed by atoms with Crippen LogP contribution in [0.4, 0.5) is 5.69 Å². The number of amides is 2. The third kappa shape index (κ3) is 8.08. The molecule has 1 N–H and O–H groups in total. The Bertz CT molecular complexity index is 1410. The number of sulfonamides is 1. The molecule has 9 heteroatoms. The second kappa shape index (κ2) is 14.0. The molecule has 40 heavy (non-hydrogen) atoms. The molecule has 0 fully saturated rings. The number of methoxy groups -OCH3 is 1. The highest BCUT2D eigenvalue weighted by molar-refractivity contribution is 7.92. The third-order valence-electron chi connectivity index (χ3n) is 6.70. The first-order valence-corrected chi connectivity index (χ1v) is 15.2. The topological polar surface area (TPSA) is 96.0 Å². The lowest BCUT2D eigenvalue weighted by Gasteiger charge is -2.34. The summed E-state index contributed by atoms with van der Waals surface area (Å²) in [5.41, 5.74) is 3.81. The lowest BCUT2D eigenvalue weighted by Crippen LogP contribution is -2.53. The zero-order chi connectivity index (χ0) is 29.3. The van der Waals surface area contributed by atoms with E-state index in [9.17, 15) is 18.0 Å². The largest absolute Gasteiger partial charge is 0.495 e. The molecule has 3 aromatic rings. The fraction of sp³-hybridized carbons (Fsp3) is 0.355. The quantitative estimate of drug-likeness (QED) is 0.334. The number of carbonyl (C=O) groups excluding carboxylic acids is 2. The van der Waals surface area contributed by atoms with E-state index in [1.54, 1.807) is 12.1 Å². The monoisotopic (exact) mass is 565 g/mol. The second-order valence-corrected chi connectivity index (χ2v) is 11.8. The molecule has 0 saturated carbocycles. The van der Waals surface area contributed by atoms with Crippen LogP contribution in [0.3, 0.4) is 0 Å². The Morgan fingerprint density at radius 1 is 0.975 bits per heavy atom. The molecular weight excluding hydrogens is 526 g/mol. The van der Waals surface area contributed by atoms with E-state index in [2.05, 4.69) is 5.32 Å². The summed E-state index contributed by atoms with van der Waals surface area (Å²) in [6.45, 7) is 5.86. The van der Waals surface area contributed by atoms with Gasteiger partial charge in [-0.25, -0.2) is 8.42 Å². The van der Waals surface area contributed by atoms with E-state index in [-0.39, 0.29) is 24.6 Å². The molecule has 0 aliphatic heterocycles. The lowest BCUT2D eigenvalue weighted by molar-refractivity contribution is -0.140. The minimum Gasteiger partial charge on any atom is -0.495 e. The van der Waals surface area contributed by atoms with Crippen LogP contribution in [-0.4, -0.2) is 57.6 Å². The molecule has 8 nitrogen and oxygen atoms in total. The van der Waals surface area contributed by atoms with Gasteiger partial charge in [0.2, 0.25) is 21.8 Å². The van der Waals surface area contributed by atoms with Gasteiger partial charge in [-0.15, -0.1) is 0 Å². The lowest BCUT2D eigenvalue weighted by atomic mass is 10.0. The first-order chi connectivity index (χ1) is 19.0. The van der Waals surface area contributed by atoms with Gasteiger partial charge in [-0.3, -0.25) is 13.9 Å². The van der Waals surface area contributed by atoms with Crippen molar-refractivity contribution in [1.82, 2.24) is 10.2 Å². The molecule has 1 unspecified atom stereocenters. The number of benzene rings is 3. The van der Waals surface area contributed by atoms with Gasteiger partial charge in [-0.05, 0) is 54.7 Å². The van der Waals surface area contributed by atoms with Crippen molar-refractivity contribution in [3.05, 3.63) is 95.1 Å². The van der Waals surface area contributed by atoms with Gasteiger partial charge < -0.3 is 15.0 Å². The summed E-state index contributed by atoms with van der Waals surface area (Å²) >= 11 is 0. The molecule has 0 heterocycles. The molecule has 0 saturated heterocycles. The summed E-state index contributed by atoms with van der Waals surface area (Å²) in [6, 6.07) is 21.5. The van der Waals surface area contributed by atoms with Crippen LogP contribution in [0.5, 0.6) is 5.75 Å². The van der Waals surface area contributed by atoms with Crippen molar-refractivity contribution < 1.29 is 22.7 Å². The van der Waals surface area contributed by atoms with Crippen LogP contribution in [0.15, 0.2) is 72.8 Å². The zero-order valence-electron chi connectivity index (χ0n) is 23.9. The summed E-state index contributed by atoms with van der Waals surface area (Å²) < 4.78 is 32.6. The highest BCUT2D eigenvalue weighted by atomic mass is 32.2. The summed E-state index contributed by atoms with van der Waals surface area (Å²) in [7, 11) is -2.44. The van der Waals surface area contributed by atoms with Crippen LogP contribution in [0.25, 0.3) is 0 Å². The van der Waals surface area contributed by atoms with E-state index in [1.807, 2.05) is 81.4 Å². The number of nitrogens with zero attached hydrogens (tertiary/aromatic N) is 2. The van der Waals surface area contributed by atoms with Gasteiger partial charge in [0.05, 0.1) is 19.1 Å². The molecule has 0 aliphatic carbocycles. The highest BCUT2D eigenvalue weighted by Gasteiger charge is 2.33. The predicted molar refractivity (Wildman–Crippen MR) is 159 cm³/mol. The Morgan fingerprint density at radius 3 is 2.27 bits per heavy atom. The first-order valence-electron chi connectivity index (χ1n) is 13.3. The minimum atomic E-state index is -3.89. The van der Waals surface area contributed by atoms with E-state index in [4.69, 9.17) is 4.74 Å². The van der Waals surface area contributed by atoms with Gasteiger partial charge in [-0.2, -0.15) is 0 Å². The zero-order valence-corrected chi connectivity index (χ0v) is 24.7. The smallest absolute Gasteiger partial charge is 0.244 e. The fourth-order valence-electron chi connectivity index (χ4n) is 4.48. The van der Waals surface area contributed by atoms with Crippen LogP contribution in [-0.2, 0) is 32.6 Å². The summed E-state index contributed by atoms with van der Waals surface area (Å²) in [5, 5.41) is 2.94. The van der Waals surface area contributed by atoms with E-state index in [1.165, 1.54) is 12.0 Å². The van der Waals surface area contributed by atoms with E-state index < -0.39 is 28.5 Å². The van der Waals surface area contributed by atoms with E-state index in [0.717, 1.165) is 39.2 Å². The van der Waals surface area contributed by atoms with Crippen LogP contribution in [0.2, 0.25) is 0 Å². The van der Waals surface area contributed by atoms with Crippen LogP contribution >= 0.6 is 0 Å². The Hall–Kier alpha value is -3.85. The van der Waals surface area contributed by atoms with Crippen molar-refractivity contribution in [2.45, 2.75) is 46.2 Å². The van der Waals surface area contributed by atoms with Crippen molar-refractivity contribution in [2.24, 2.45) is 0 Å². The average molecular weight is 566 g/mol. The van der Waals surface area contributed by atoms with Gasteiger partial charge in [0.25, 0.3) is 0 Å². The number of aryl methyl sites for hydroxylation is 2. The summed E-state index contributed by atoms with van der Waals surface area (Å²) in [5.74, 6) is -0.452. The Balaban J connectivity index is 2.09. The normalized spacial score (nSPS) is 11.9. The Morgan fingerprint density at radius 2 is 1.65 bits per heavy atom. The van der Waals surface area contributed by atoms with E-state index in [0.29, 0.717) is 12.3 Å². The molecule has 0 aliphatic rings. The number of hydrogen-bond acceptors (Lipinski definition) is 5. The molecule has 0 spiro atoms. The number of ether oxygens (including phenoxy) is 1. The van der Waals surface area contributed by atoms with Crippen LogP contribution in [0.1, 0.15) is 35.6 Å².